The maximum atomic E-state index is 13.3. The molecule has 6 nitrogen and oxygen atoms in total. The number of aryl methyl sites for hydroxylation is 1. The molecule has 1 aromatic heterocycles. The summed E-state index contributed by atoms with van der Waals surface area (Å²) in [5, 5.41) is 3.61. The van der Waals surface area contributed by atoms with Crippen molar-refractivity contribution in [2.45, 2.75) is 19.9 Å². The molecule has 0 aliphatic heterocycles. The van der Waals surface area contributed by atoms with Crippen molar-refractivity contribution in [3.8, 4) is 5.75 Å². The van der Waals surface area contributed by atoms with Crippen LogP contribution >= 0.6 is 0 Å². The zero-order valence-electron chi connectivity index (χ0n) is 19.1. The molecule has 0 saturated heterocycles. The first-order valence-electron chi connectivity index (χ1n) is 11.0. The fraction of sp³-hybridized carbons (Fsp3) is 0.185. The molecule has 2 N–H and O–H groups in total. The van der Waals surface area contributed by atoms with Crippen molar-refractivity contribution in [3.05, 3.63) is 106 Å². The Labute approximate surface area is 197 Å². The number of benzene rings is 3. The molecule has 0 saturated carbocycles. The van der Waals surface area contributed by atoms with E-state index in [1.54, 1.807) is 30.2 Å². The molecule has 0 spiro atoms. The number of anilines is 1. The minimum Gasteiger partial charge on any atom is -0.497 e. The van der Waals surface area contributed by atoms with Crippen LogP contribution in [0.1, 0.15) is 16.7 Å². The third kappa shape index (κ3) is 5.61. The second-order valence-corrected chi connectivity index (χ2v) is 8.17. The van der Waals surface area contributed by atoms with Gasteiger partial charge in [-0.3, -0.25) is 4.79 Å². The van der Waals surface area contributed by atoms with Crippen LogP contribution in [0.15, 0.2) is 77.6 Å². The van der Waals surface area contributed by atoms with Gasteiger partial charge in [-0.2, -0.15) is 0 Å². The van der Waals surface area contributed by atoms with Gasteiger partial charge in [-0.25, -0.2) is 9.18 Å². The fourth-order valence-electron chi connectivity index (χ4n) is 3.80. The number of methoxy groups -OCH3 is 1. The maximum Gasteiger partial charge on any atom is 0.322 e. The van der Waals surface area contributed by atoms with E-state index in [2.05, 4.69) is 16.4 Å². The highest BCUT2D eigenvalue weighted by Crippen LogP contribution is 2.20. The van der Waals surface area contributed by atoms with E-state index in [4.69, 9.17) is 4.74 Å². The smallest absolute Gasteiger partial charge is 0.322 e. The van der Waals surface area contributed by atoms with Gasteiger partial charge in [-0.15, -0.1) is 0 Å². The van der Waals surface area contributed by atoms with Gasteiger partial charge in [0.2, 0.25) is 0 Å². The SMILES string of the molecule is COc1ccc2[nH]c(=O)c(CN(CCc3cccc(C)c3)C(=O)Nc3ccc(F)cc3)cc2c1. The average Bonchev–Trinajstić information content (AvgIpc) is 2.83. The summed E-state index contributed by atoms with van der Waals surface area (Å²) in [6.45, 7) is 2.53. The van der Waals surface area contributed by atoms with E-state index < -0.39 is 0 Å². The summed E-state index contributed by atoms with van der Waals surface area (Å²) >= 11 is 0. The van der Waals surface area contributed by atoms with E-state index in [0.717, 1.165) is 16.5 Å². The minimum atomic E-state index is -0.382. The number of nitrogens with one attached hydrogen (secondary N) is 2. The molecule has 4 aromatic rings. The van der Waals surface area contributed by atoms with Gasteiger partial charge in [-0.05, 0) is 67.4 Å². The lowest BCUT2D eigenvalue weighted by Gasteiger charge is -2.23. The number of halogens is 1. The molecule has 0 aliphatic rings. The summed E-state index contributed by atoms with van der Waals surface area (Å²) in [5.74, 6) is 0.295. The third-order valence-corrected chi connectivity index (χ3v) is 5.63. The van der Waals surface area contributed by atoms with Crippen molar-refractivity contribution in [1.82, 2.24) is 9.88 Å². The fourth-order valence-corrected chi connectivity index (χ4v) is 3.80. The van der Waals surface area contributed by atoms with E-state index in [9.17, 15) is 14.0 Å². The van der Waals surface area contributed by atoms with Crippen molar-refractivity contribution >= 4 is 22.6 Å². The lowest BCUT2D eigenvalue weighted by molar-refractivity contribution is 0.209. The van der Waals surface area contributed by atoms with Crippen molar-refractivity contribution in [3.63, 3.8) is 0 Å². The van der Waals surface area contributed by atoms with E-state index in [0.29, 0.717) is 35.5 Å². The Hall–Kier alpha value is -4.13. The molecule has 0 atom stereocenters. The highest BCUT2D eigenvalue weighted by Gasteiger charge is 2.17. The number of hydrogen-bond donors (Lipinski definition) is 2. The second kappa shape index (κ2) is 10.2. The lowest BCUT2D eigenvalue weighted by Crippen LogP contribution is -2.37. The van der Waals surface area contributed by atoms with E-state index in [-0.39, 0.29) is 24.0 Å². The standard InChI is InChI=1S/C27H26FN3O3/c1-18-4-3-5-19(14-18)12-13-31(27(33)29-23-8-6-22(28)7-9-23)17-21-15-20-16-24(34-2)10-11-25(20)30-26(21)32/h3-11,14-16H,12-13,17H2,1-2H3,(H,29,33)(H,30,32). The second-order valence-electron chi connectivity index (χ2n) is 8.17. The van der Waals surface area contributed by atoms with Crippen LogP contribution in [0.25, 0.3) is 10.9 Å². The summed E-state index contributed by atoms with van der Waals surface area (Å²) in [5.41, 5.74) is 3.60. The van der Waals surface area contributed by atoms with Crippen LogP contribution in [-0.2, 0) is 13.0 Å². The number of nitrogens with zero attached hydrogens (tertiary/aromatic N) is 1. The molecule has 0 aliphatic carbocycles. The first-order chi connectivity index (χ1) is 16.4. The van der Waals surface area contributed by atoms with E-state index in [1.165, 1.54) is 24.3 Å². The van der Waals surface area contributed by atoms with Crippen molar-refractivity contribution < 1.29 is 13.9 Å². The van der Waals surface area contributed by atoms with Crippen LogP contribution < -0.4 is 15.6 Å². The quantitative estimate of drug-likeness (QED) is 0.396. The van der Waals surface area contributed by atoms with Crippen molar-refractivity contribution in [2.24, 2.45) is 0 Å². The van der Waals surface area contributed by atoms with Gasteiger partial charge in [0.25, 0.3) is 5.56 Å². The molecule has 2 amide bonds. The molecule has 7 heteroatoms. The Morgan fingerprint density at radius 2 is 1.85 bits per heavy atom. The van der Waals surface area contributed by atoms with E-state index in [1.807, 2.05) is 31.2 Å². The Kier molecular flexibility index (Phi) is 6.92. The van der Waals surface area contributed by atoms with Gasteiger partial charge < -0.3 is 19.9 Å². The molecule has 174 valence electrons. The predicted molar refractivity (Wildman–Crippen MR) is 132 cm³/mol. The minimum absolute atomic E-state index is 0.112. The first-order valence-corrected chi connectivity index (χ1v) is 11.0. The van der Waals surface area contributed by atoms with Crippen LogP contribution in [0.3, 0.4) is 0 Å². The lowest BCUT2D eigenvalue weighted by atomic mass is 10.1. The molecule has 3 aromatic carbocycles. The van der Waals surface area contributed by atoms with E-state index >= 15 is 0 Å². The van der Waals surface area contributed by atoms with Gasteiger partial charge in [0.1, 0.15) is 11.6 Å². The highest BCUT2D eigenvalue weighted by atomic mass is 19.1. The molecular weight excluding hydrogens is 433 g/mol. The zero-order chi connectivity index (χ0) is 24.1. The molecule has 4 rings (SSSR count). The Morgan fingerprint density at radius 1 is 1.06 bits per heavy atom. The Morgan fingerprint density at radius 3 is 2.59 bits per heavy atom. The maximum absolute atomic E-state index is 13.3. The molecular formula is C27H26FN3O3. The third-order valence-electron chi connectivity index (χ3n) is 5.63. The Balaban J connectivity index is 1.61. The molecule has 0 fully saturated rings. The summed E-state index contributed by atoms with van der Waals surface area (Å²) in [6, 6.07) is 20.5. The van der Waals surface area contributed by atoms with Gasteiger partial charge >= 0.3 is 6.03 Å². The number of urea groups is 1. The average molecular weight is 460 g/mol. The van der Waals surface area contributed by atoms with Crippen LogP contribution in [0.2, 0.25) is 0 Å². The summed E-state index contributed by atoms with van der Waals surface area (Å²) < 4.78 is 18.6. The predicted octanol–water partition coefficient (Wildman–Crippen LogP) is 5.26. The number of ether oxygens (including phenoxy) is 1. The number of hydrogen-bond acceptors (Lipinski definition) is 3. The van der Waals surface area contributed by atoms with Crippen molar-refractivity contribution in [2.75, 3.05) is 19.0 Å². The first kappa shape index (κ1) is 23.0. The van der Waals surface area contributed by atoms with Crippen LogP contribution in [0, 0.1) is 12.7 Å². The number of carbonyl (C=O) groups excluding carboxylic acids is 1. The van der Waals surface area contributed by atoms with Gasteiger partial charge in [-0.1, -0.05) is 29.8 Å². The summed E-state index contributed by atoms with van der Waals surface area (Å²) in [6.07, 6.45) is 0.623. The molecule has 34 heavy (non-hydrogen) atoms. The summed E-state index contributed by atoms with van der Waals surface area (Å²) in [7, 11) is 1.58. The topological polar surface area (TPSA) is 74.4 Å². The van der Waals surface area contributed by atoms with Gasteiger partial charge in [0.05, 0.1) is 13.7 Å². The molecule has 0 bridgehead atoms. The number of amides is 2. The monoisotopic (exact) mass is 459 g/mol. The zero-order valence-corrected chi connectivity index (χ0v) is 19.1. The number of aromatic amines is 1. The van der Waals surface area contributed by atoms with Crippen LogP contribution in [0.5, 0.6) is 5.75 Å². The number of aromatic nitrogens is 1. The molecule has 1 heterocycles. The highest BCUT2D eigenvalue weighted by molar-refractivity contribution is 5.89. The number of H-pyrrole nitrogens is 1. The van der Waals surface area contributed by atoms with Gasteiger partial charge in [0, 0.05) is 28.7 Å². The van der Waals surface area contributed by atoms with Crippen LogP contribution in [0.4, 0.5) is 14.9 Å². The van der Waals surface area contributed by atoms with Crippen molar-refractivity contribution in [1.29, 1.82) is 0 Å². The number of pyridine rings is 1. The number of rotatable bonds is 7. The number of fused-ring (bicyclic) bond motifs is 1. The summed E-state index contributed by atoms with van der Waals surface area (Å²) in [4.78, 5) is 30.4. The normalized spacial score (nSPS) is 10.8. The number of carbonyl (C=O) groups is 1. The van der Waals surface area contributed by atoms with Crippen LogP contribution in [-0.4, -0.2) is 29.6 Å². The van der Waals surface area contributed by atoms with Gasteiger partial charge in [0.15, 0.2) is 0 Å². The largest absolute Gasteiger partial charge is 0.497 e. The molecule has 0 unspecified atom stereocenters. The Bertz CT molecular complexity index is 1370. The molecule has 0 radical (unpaired) electrons.